The summed E-state index contributed by atoms with van der Waals surface area (Å²) in [5.41, 5.74) is 1.84. The number of halogens is 1. The smallest absolute Gasteiger partial charge is 0.279 e. The number of rotatable bonds is 4. The number of carbonyl (C=O) groups is 1. The van der Waals surface area contributed by atoms with Crippen LogP contribution in [-0.4, -0.2) is 24.0 Å². The molecule has 1 aliphatic rings. The molecular weight excluding hydrogens is 366 g/mol. The minimum atomic E-state index is 0.0373. The number of carbonyl (C=O) groups excluding carboxylic acids is 1. The van der Waals surface area contributed by atoms with Crippen LogP contribution < -0.4 is 10.2 Å². The highest BCUT2D eigenvalue weighted by Crippen LogP contribution is 2.28. The van der Waals surface area contributed by atoms with Crippen molar-refractivity contribution >= 4 is 44.7 Å². The van der Waals surface area contributed by atoms with E-state index in [0.717, 1.165) is 35.6 Å². The van der Waals surface area contributed by atoms with Crippen LogP contribution in [0, 0.1) is 0 Å². The number of para-hydroxylation sites is 1. The normalized spacial score (nSPS) is 20.2. The predicted molar refractivity (Wildman–Crippen MR) is 107 cm³/mol. The lowest BCUT2D eigenvalue weighted by molar-refractivity contribution is -0.929. The topological polar surface area (TPSA) is 46.4 Å². The number of hydrogen-bond donors (Lipinski definition) is 2. The van der Waals surface area contributed by atoms with Crippen LogP contribution in [0.1, 0.15) is 30.3 Å². The molecule has 26 heavy (non-hydrogen) atoms. The lowest BCUT2D eigenvalue weighted by Gasteiger charge is -2.30. The van der Waals surface area contributed by atoms with Crippen molar-refractivity contribution < 1.29 is 9.69 Å². The fourth-order valence-corrected chi connectivity index (χ4v) is 4.86. The number of amides is 1. The fourth-order valence-electron chi connectivity index (χ4n) is 3.57. The summed E-state index contributed by atoms with van der Waals surface area (Å²) in [7, 11) is 0. The number of thiazole rings is 1. The Morgan fingerprint density at radius 2 is 2.00 bits per heavy atom. The van der Waals surface area contributed by atoms with Gasteiger partial charge >= 0.3 is 0 Å². The number of nitrogens with one attached hydrogen (secondary N) is 2. The molecule has 0 spiro atoms. The van der Waals surface area contributed by atoms with Crippen molar-refractivity contribution in [3.05, 3.63) is 58.6 Å². The van der Waals surface area contributed by atoms with Crippen LogP contribution in [0.15, 0.2) is 48.5 Å². The molecule has 0 saturated carbocycles. The van der Waals surface area contributed by atoms with E-state index in [9.17, 15) is 4.79 Å². The van der Waals surface area contributed by atoms with Gasteiger partial charge in [-0.3, -0.25) is 4.79 Å². The molecule has 0 radical (unpaired) electrons. The third-order valence-electron chi connectivity index (χ3n) is 4.86. The molecule has 0 aliphatic carbocycles. The Morgan fingerprint density at radius 1 is 1.19 bits per heavy atom. The van der Waals surface area contributed by atoms with E-state index in [4.69, 9.17) is 16.6 Å². The van der Waals surface area contributed by atoms with E-state index >= 15 is 0 Å². The summed E-state index contributed by atoms with van der Waals surface area (Å²) in [5, 5.41) is 4.80. The largest absolute Gasteiger partial charge is 0.321 e. The van der Waals surface area contributed by atoms with Gasteiger partial charge in [0, 0.05) is 17.1 Å². The van der Waals surface area contributed by atoms with E-state index in [1.54, 1.807) is 23.5 Å². The molecule has 2 atom stereocenters. The predicted octanol–water partition coefficient (Wildman–Crippen LogP) is 3.70. The summed E-state index contributed by atoms with van der Waals surface area (Å²) in [5.74, 6) is 0.0373. The molecule has 1 aromatic heterocycles. The fraction of sp³-hybridized carbons (Fsp3) is 0.300. The average Bonchev–Trinajstić information content (AvgIpc) is 3.08. The molecule has 1 saturated heterocycles. The van der Waals surface area contributed by atoms with E-state index < -0.39 is 0 Å². The van der Waals surface area contributed by atoms with Crippen LogP contribution in [0.4, 0.5) is 5.69 Å². The lowest BCUT2D eigenvalue weighted by Crippen LogP contribution is -3.14. The van der Waals surface area contributed by atoms with Gasteiger partial charge in [0.1, 0.15) is 6.04 Å². The molecule has 6 heteroatoms. The van der Waals surface area contributed by atoms with E-state index in [-0.39, 0.29) is 5.91 Å². The highest BCUT2D eigenvalue weighted by molar-refractivity contribution is 7.18. The first-order chi connectivity index (χ1) is 12.7. The second kappa shape index (κ2) is 7.74. The van der Waals surface area contributed by atoms with E-state index in [2.05, 4.69) is 23.5 Å². The molecule has 2 aromatic carbocycles. The van der Waals surface area contributed by atoms with Gasteiger partial charge in [0.15, 0.2) is 11.6 Å². The number of benzene rings is 2. The average molecular weight is 387 g/mol. The van der Waals surface area contributed by atoms with Gasteiger partial charge in [-0.1, -0.05) is 23.7 Å². The number of likely N-dealkylation sites (tertiary alicyclic amines) is 1. The Bertz CT molecular complexity index is 876. The Morgan fingerprint density at radius 3 is 2.81 bits per heavy atom. The maximum Gasteiger partial charge on any atom is 0.279 e. The molecular formula is C20H21ClN3OS+. The molecule has 1 amide bonds. The van der Waals surface area contributed by atoms with Crippen molar-refractivity contribution in [2.75, 3.05) is 18.4 Å². The zero-order valence-electron chi connectivity index (χ0n) is 14.4. The second-order valence-electron chi connectivity index (χ2n) is 6.71. The molecule has 2 heterocycles. The summed E-state index contributed by atoms with van der Waals surface area (Å²) in [4.78, 5) is 18.7. The van der Waals surface area contributed by atoms with Gasteiger partial charge in [-0.2, -0.15) is 0 Å². The zero-order chi connectivity index (χ0) is 17.9. The number of quaternary nitrogens is 1. The Hall–Kier alpha value is -1.95. The minimum Gasteiger partial charge on any atom is -0.321 e. The monoisotopic (exact) mass is 386 g/mol. The highest BCUT2D eigenvalue weighted by Gasteiger charge is 2.31. The van der Waals surface area contributed by atoms with Crippen molar-refractivity contribution in [2.45, 2.75) is 25.3 Å². The summed E-state index contributed by atoms with van der Waals surface area (Å²) in [6, 6.07) is 15.8. The summed E-state index contributed by atoms with van der Waals surface area (Å²) in [6.07, 6.45) is 3.44. The first-order valence-electron chi connectivity index (χ1n) is 8.94. The van der Waals surface area contributed by atoms with Gasteiger partial charge in [-0.25, -0.2) is 4.98 Å². The number of piperidine rings is 1. The van der Waals surface area contributed by atoms with Gasteiger partial charge in [-0.05, 0) is 49.2 Å². The third kappa shape index (κ3) is 3.90. The molecule has 1 aliphatic heterocycles. The number of nitrogens with zero attached hydrogens (tertiary/aromatic N) is 1. The summed E-state index contributed by atoms with van der Waals surface area (Å²) in [6.45, 7) is 1.47. The number of aromatic nitrogens is 1. The maximum absolute atomic E-state index is 12.5. The standard InChI is InChI=1S/C20H20ClN3OS/c21-14-8-10-15(11-9-14)22-19(25)13-24-12-4-3-6-17(24)20-23-16-5-1-2-7-18(16)26-20/h1-2,5,7-11,17H,3-4,6,12-13H2,(H,22,25)/p+1/t17-/m0/s1. The Balaban J connectivity index is 1.48. The van der Waals surface area contributed by atoms with Gasteiger partial charge in [0.25, 0.3) is 5.91 Å². The Kier molecular flexibility index (Phi) is 5.20. The molecule has 1 fully saturated rings. The summed E-state index contributed by atoms with van der Waals surface area (Å²) < 4.78 is 1.22. The van der Waals surface area contributed by atoms with Crippen LogP contribution in [0.3, 0.4) is 0 Å². The van der Waals surface area contributed by atoms with Gasteiger partial charge < -0.3 is 10.2 Å². The molecule has 2 N–H and O–H groups in total. The molecule has 1 unspecified atom stereocenters. The number of fused-ring (bicyclic) bond motifs is 1. The minimum absolute atomic E-state index is 0.0373. The van der Waals surface area contributed by atoms with Crippen molar-refractivity contribution in [1.82, 2.24) is 4.98 Å². The second-order valence-corrected chi connectivity index (χ2v) is 8.21. The number of hydrogen-bond acceptors (Lipinski definition) is 3. The lowest BCUT2D eigenvalue weighted by atomic mass is 10.0. The third-order valence-corrected chi connectivity index (χ3v) is 6.26. The molecule has 4 rings (SSSR count). The van der Waals surface area contributed by atoms with Crippen LogP contribution in [0.5, 0.6) is 0 Å². The molecule has 3 aromatic rings. The van der Waals surface area contributed by atoms with E-state index in [1.165, 1.54) is 16.0 Å². The van der Waals surface area contributed by atoms with Gasteiger partial charge in [0.2, 0.25) is 0 Å². The van der Waals surface area contributed by atoms with Crippen LogP contribution in [0.2, 0.25) is 5.02 Å². The van der Waals surface area contributed by atoms with Crippen molar-refractivity contribution in [2.24, 2.45) is 0 Å². The van der Waals surface area contributed by atoms with E-state index in [1.807, 2.05) is 18.2 Å². The van der Waals surface area contributed by atoms with Crippen LogP contribution in [-0.2, 0) is 4.79 Å². The van der Waals surface area contributed by atoms with Crippen molar-refractivity contribution in [1.29, 1.82) is 0 Å². The molecule has 134 valence electrons. The molecule has 4 nitrogen and oxygen atoms in total. The maximum atomic E-state index is 12.5. The van der Waals surface area contributed by atoms with Crippen LogP contribution >= 0.6 is 22.9 Å². The van der Waals surface area contributed by atoms with Gasteiger partial charge in [-0.15, -0.1) is 11.3 Å². The van der Waals surface area contributed by atoms with Gasteiger partial charge in [0.05, 0.1) is 16.8 Å². The van der Waals surface area contributed by atoms with Crippen molar-refractivity contribution in [3.8, 4) is 0 Å². The quantitative estimate of drug-likeness (QED) is 0.718. The SMILES string of the molecule is O=C(C[NH+]1CCCC[C@H]1c1nc2ccccc2s1)Nc1ccc(Cl)cc1. The van der Waals surface area contributed by atoms with Crippen molar-refractivity contribution in [3.63, 3.8) is 0 Å². The highest BCUT2D eigenvalue weighted by atomic mass is 35.5. The number of anilines is 1. The van der Waals surface area contributed by atoms with Crippen LogP contribution in [0.25, 0.3) is 10.2 Å². The first kappa shape index (κ1) is 17.5. The summed E-state index contributed by atoms with van der Waals surface area (Å²) >= 11 is 7.66. The first-order valence-corrected chi connectivity index (χ1v) is 10.1. The van der Waals surface area contributed by atoms with E-state index in [0.29, 0.717) is 17.6 Å². The molecule has 0 bridgehead atoms. The Labute approximate surface area is 161 Å². The zero-order valence-corrected chi connectivity index (χ0v) is 15.9.